The van der Waals surface area contributed by atoms with E-state index in [-0.39, 0.29) is 0 Å². The van der Waals surface area contributed by atoms with Crippen LogP contribution in [-0.2, 0) is 6.42 Å². The zero-order chi connectivity index (χ0) is 12.4. The monoisotopic (exact) mass is 246 g/mol. The minimum Gasteiger partial charge on any atom is -0.238 e. The van der Waals surface area contributed by atoms with Crippen LogP contribution in [0, 0.1) is 20.8 Å². The number of benzene rings is 1. The maximum Gasteiger partial charge on any atom is 0.125 e. The molecule has 0 bridgehead atoms. The second-order valence-corrected chi connectivity index (χ2v) is 4.60. The number of hydrogen-bond acceptors (Lipinski definition) is 2. The van der Waals surface area contributed by atoms with Crippen molar-refractivity contribution < 1.29 is 0 Å². The van der Waals surface area contributed by atoms with E-state index < -0.39 is 0 Å². The highest BCUT2D eigenvalue weighted by Crippen LogP contribution is 2.21. The molecule has 88 valence electrons. The molecule has 0 radical (unpaired) electrons. The molecule has 1 aromatic heterocycles. The lowest BCUT2D eigenvalue weighted by atomic mass is 10.0. The van der Waals surface area contributed by atoms with Gasteiger partial charge < -0.3 is 0 Å². The Bertz CT molecular complexity index is 527. The Morgan fingerprint density at radius 3 is 2.18 bits per heavy atom. The predicted octanol–water partition coefficient (Wildman–Crippen LogP) is 3.65. The minimum absolute atomic E-state index is 0.789. The van der Waals surface area contributed by atoms with Crippen LogP contribution >= 0.6 is 11.6 Å². The molecule has 3 heteroatoms. The largest absolute Gasteiger partial charge is 0.238 e. The smallest absolute Gasteiger partial charge is 0.125 e. The molecule has 0 saturated carbocycles. The van der Waals surface area contributed by atoms with Crippen LogP contribution in [0.25, 0.3) is 0 Å². The van der Waals surface area contributed by atoms with Gasteiger partial charge in [-0.3, -0.25) is 0 Å². The zero-order valence-electron chi connectivity index (χ0n) is 10.3. The number of aryl methyl sites for hydroxylation is 3. The van der Waals surface area contributed by atoms with Crippen molar-refractivity contribution >= 4 is 11.6 Å². The average Bonchev–Trinajstić information content (AvgIpc) is 2.25. The van der Waals surface area contributed by atoms with Crippen LogP contribution in [0.4, 0.5) is 0 Å². The molecule has 0 saturated heterocycles. The van der Waals surface area contributed by atoms with E-state index in [1.54, 1.807) is 0 Å². The topological polar surface area (TPSA) is 25.8 Å². The summed E-state index contributed by atoms with van der Waals surface area (Å²) < 4.78 is 0. The van der Waals surface area contributed by atoms with E-state index in [9.17, 15) is 0 Å². The number of aromatic nitrogens is 2. The molecular formula is C14H15ClN2. The SMILES string of the molecule is Cc1nc(C)c(Cc2ccccc2Cl)c(C)n1. The van der Waals surface area contributed by atoms with E-state index in [4.69, 9.17) is 11.6 Å². The van der Waals surface area contributed by atoms with E-state index in [1.165, 1.54) is 5.56 Å². The van der Waals surface area contributed by atoms with Crippen LogP contribution in [0.1, 0.15) is 28.3 Å². The van der Waals surface area contributed by atoms with Gasteiger partial charge in [-0.2, -0.15) is 0 Å². The van der Waals surface area contributed by atoms with E-state index in [0.29, 0.717) is 0 Å². The Kier molecular flexibility index (Phi) is 3.43. The molecule has 0 N–H and O–H groups in total. The second-order valence-electron chi connectivity index (χ2n) is 4.19. The first-order chi connectivity index (χ1) is 8.08. The molecule has 0 aliphatic rings. The van der Waals surface area contributed by atoms with Crippen LogP contribution in [-0.4, -0.2) is 9.97 Å². The van der Waals surface area contributed by atoms with Crippen LogP contribution in [0.15, 0.2) is 24.3 Å². The van der Waals surface area contributed by atoms with Crippen molar-refractivity contribution in [1.29, 1.82) is 0 Å². The first-order valence-corrected chi connectivity index (χ1v) is 6.00. The van der Waals surface area contributed by atoms with Crippen LogP contribution in [0.5, 0.6) is 0 Å². The lowest BCUT2D eigenvalue weighted by Gasteiger charge is -2.10. The minimum atomic E-state index is 0.789. The molecule has 0 unspecified atom stereocenters. The molecule has 2 aromatic rings. The molecular weight excluding hydrogens is 232 g/mol. The Morgan fingerprint density at radius 1 is 1.00 bits per heavy atom. The van der Waals surface area contributed by atoms with E-state index in [0.717, 1.165) is 34.2 Å². The molecule has 0 fully saturated rings. The summed E-state index contributed by atoms with van der Waals surface area (Å²) in [6.45, 7) is 5.96. The summed E-state index contributed by atoms with van der Waals surface area (Å²) in [5.74, 6) is 0.822. The Balaban J connectivity index is 2.40. The van der Waals surface area contributed by atoms with E-state index >= 15 is 0 Å². The molecule has 0 atom stereocenters. The zero-order valence-corrected chi connectivity index (χ0v) is 11.0. The molecule has 0 amide bonds. The van der Waals surface area contributed by atoms with Gasteiger partial charge >= 0.3 is 0 Å². The van der Waals surface area contributed by atoms with Crippen LogP contribution in [0.3, 0.4) is 0 Å². The molecule has 1 aromatic carbocycles. The maximum absolute atomic E-state index is 6.17. The van der Waals surface area contributed by atoms with Gasteiger partial charge in [-0.25, -0.2) is 9.97 Å². The second kappa shape index (κ2) is 4.84. The van der Waals surface area contributed by atoms with Gasteiger partial charge in [0.05, 0.1) is 0 Å². The van der Waals surface area contributed by atoms with Crippen LogP contribution < -0.4 is 0 Å². The van der Waals surface area contributed by atoms with Gasteiger partial charge in [0.2, 0.25) is 0 Å². The van der Waals surface area contributed by atoms with Crippen molar-refractivity contribution in [3.8, 4) is 0 Å². The molecule has 2 rings (SSSR count). The summed E-state index contributed by atoms with van der Waals surface area (Å²) in [4.78, 5) is 8.81. The number of hydrogen-bond donors (Lipinski definition) is 0. The Labute approximate surface area is 107 Å². The van der Waals surface area contributed by atoms with Gasteiger partial charge in [0.25, 0.3) is 0 Å². The predicted molar refractivity (Wildman–Crippen MR) is 70.5 cm³/mol. The lowest BCUT2D eigenvalue weighted by molar-refractivity contribution is 0.923. The highest BCUT2D eigenvalue weighted by Gasteiger charge is 2.09. The van der Waals surface area contributed by atoms with Crippen molar-refractivity contribution in [2.24, 2.45) is 0 Å². The Hall–Kier alpha value is -1.41. The van der Waals surface area contributed by atoms with Gasteiger partial charge in [-0.1, -0.05) is 29.8 Å². The fourth-order valence-corrected chi connectivity index (χ4v) is 2.20. The first-order valence-electron chi connectivity index (χ1n) is 5.62. The average molecular weight is 247 g/mol. The van der Waals surface area contributed by atoms with Crippen molar-refractivity contribution in [2.75, 3.05) is 0 Å². The third-order valence-corrected chi connectivity index (χ3v) is 3.23. The molecule has 17 heavy (non-hydrogen) atoms. The van der Waals surface area contributed by atoms with E-state index in [1.807, 2.05) is 45.0 Å². The van der Waals surface area contributed by atoms with Gasteiger partial charge in [0.1, 0.15) is 5.82 Å². The molecule has 2 nitrogen and oxygen atoms in total. The third kappa shape index (κ3) is 2.64. The maximum atomic E-state index is 6.17. The highest BCUT2D eigenvalue weighted by atomic mass is 35.5. The van der Waals surface area contributed by atoms with Gasteiger partial charge in [-0.05, 0) is 38.0 Å². The van der Waals surface area contributed by atoms with Crippen molar-refractivity contribution in [1.82, 2.24) is 9.97 Å². The normalized spacial score (nSPS) is 10.6. The highest BCUT2D eigenvalue weighted by molar-refractivity contribution is 6.31. The Morgan fingerprint density at radius 2 is 1.59 bits per heavy atom. The summed E-state index contributed by atoms with van der Waals surface area (Å²) in [6.07, 6.45) is 0.789. The summed E-state index contributed by atoms with van der Waals surface area (Å²) in [5.41, 5.74) is 4.36. The summed E-state index contributed by atoms with van der Waals surface area (Å²) in [5, 5.41) is 0.798. The van der Waals surface area contributed by atoms with Crippen LogP contribution in [0.2, 0.25) is 5.02 Å². The number of rotatable bonds is 2. The van der Waals surface area contributed by atoms with Gasteiger partial charge in [-0.15, -0.1) is 0 Å². The standard InChI is InChI=1S/C14H15ClN2/c1-9-13(10(2)17-11(3)16-9)8-12-6-4-5-7-14(12)15/h4-7H,8H2,1-3H3. The summed E-state index contributed by atoms with van der Waals surface area (Å²) in [7, 11) is 0. The summed E-state index contributed by atoms with van der Waals surface area (Å²) in [6, 6.07) is 7.90. The number of halogens is 1. The molecule has 1 heterocycles. The first kappa shape index (κ1) is 12.1. The quantitative estimate of drug-likeness (QED) is 0.809. The molecule has 0 spiro atoms. The van der Waals surface area contributed by atoms with Gasteiger partial charge in [0.15, 0.2) is 0 Å². The summed E-state index contributed by atoms with van der Waals surface area (Å²) >= 11 is 6.17. The molecule has 0 aliphatic carbocycles. The fraction of sp³-hybridized carbons (Fsp3) is 0.286. The fourth-order valence-electron chi connectivity index (χ4n) is 2.00. The van der Waals surface area contributed by atoms with Crippen molar-refractivity contribution in [3.05, 3.63) is 57.6 Å². The number of nitrogens with zero attached hydrogens (tertiary/aromatic N) is 2. The third-order valence-electron chi connectivity index (χ3n) is 2.86. The van der Waals surface area contributed by atoms with E-state index in [2.05, 4.69) is 9.97 Å². The van der Waals surface area contributed by atoms with Crippen molar-refractivity contribution in [3.63, 3.8) is 0 Å². The van der Waals surface area contributed by atoms with Crippen molar-refractivity contribution in [2.45, 2.75) is 27.2 Å². The van der Waals surface area contributed by atoms with Gasteiger partial charge in [0, 0.05) is 22.8 Å². The molecule has 0 aliphatic heterocycles. The lowest BCUT2D eigenvalue weighted by Crippen LogP contribution is -2.03.